The number of amides is 1. The van der Waals surface area contributed by atoms with E-state index in [1.54, 1.807) is 23.0 Å². The number of rotatable bonds is 6. The monoisotopic (exact) mass is 322 g/mol. The van der Waals surface area contributed by atoms with Crippen molar-refractivity contribution in [1.29, 1.82) is 0 Å². The molecule has 3 aromatic rings. The molecule has 2 aromatic heterocycles. The van der Waals surface area contributed by atoms with Crippen LogP contribution in [0.2, 0.25) is 0 Å². The average molecular weight is 322 g/mol. The highest BCUT2D eigenvalue weighted by molar-refractivity contribution is 5.94. The second kappa shape index (κ2) is 7.36. The zero-order valence-electron chi connectivity index (χ0n) is 13.3. The number of carbonyl (C=O) groups is 1. The molecule has 7 heteroatoms. The average Bonchev–Trinajstić information content (AvgIpc) is 3.13. The Labute approximate surface area is 139 Å². The molecule has 0 aliphatic rings. The Kier molecular flexibility index (Phi) is 4.81. The maximum absolute atomic E-state index is 11.9. The van der Waals surface area contributed by atoms with Gasteiger partial charge in [-0.05, 0) is 25.1 Å². The minimum absolute atomic E-state index is 0.0894. The van der Waals surface area contributed by atoms with Gasteiger partial charge in [0.15, 0.2) is 5.82 Å². The number of hydrogen-bond donors (Lipinski definition) is 2. The van der Waals surface area contributed by atoms with E-state index in [-0.39, 0.29) is 5.91 Å². The topological polar surface area (TPSA) is 84.7 Å². The van der Waals surface area contributed by atoms with Crippen LogP contribution in [0.5, 0.6) is 0 Å². The van der Waals surface area contributed by atoms with Gasteiger partial charge in [-0.1, -0.05) is 18.2 Å². The fourth-order valence-corrected chi connectivity index (χ4v) is 2.22. The minimum Gasteiger partial charge on any atom is -0.368 e. The van der Waals surface area contributed by atoms with Crippen LogP contribution < -0.4 is 10.6 Å². The van der Waals surface area contributed by atoms with E-state index in [1.165, 1.54) is 0 Å². The van der Waals surface area contributed by atoms with Crippen molar-refractivity contribution < 1.29 is 4.79 Å². The Bertz CT molecular complexity index is 801. The van der Waals surface area contributed by atoms with Crippen LogP contribution >= 0.6 is 0 Å². The summed E-state index contributed by atoms with van der Waals surface area (Å²) in [7, 11) is 0. The van der Waals surface area contributed by atoms with Gasteiger partial charge in [0.2, 0.25) is 0 Å². The Morgan fingerprint density at radius 2 is 1.96 bits per heavy atom. The van der Waals surface area contributed by atoms with Crippen molar-refractivity contribution in [2.24, 2.45) is 0 Å². The lowest BCUT2D eigenvalue weighted by atomic mass is 10.2. The molecule has 0 aliphatic heterocycles. The number of benzene rings is 1. The van der Waals surface area contributed by atoms with Crippen LogP contribution in [0.1, 0.15) is 16.2 Å². The lowest BCUT2D eigenvalue weighted by Gasteiger charge is -2.09. The summed E-state index contributed by atoms with van der Waals surface area (Å²) < 4.78 is 1.68. The highest BCUT2D eigenvalue weighted by Gasteiger charge is 2.05. The highest BCUT2D eigenvalue weighted by Crippen LogP contribution is 2.09. The fraction of sp³-hybridized carbons (Fsp3) is 0.176. The lowest BCUT2D eigenvalue weighted by Crippen LogP contribution is -2.28. The van der Waals surface area contributed by atoms with E-state index in [9.17, 15) is 4.79 Å². The molecule has 0 saturated heterocycles. The number of carbonyl (C=O) groups excluding carboxylic acids is 1. The van der Waals surface area contributed by atoms with Crippen molar-refractivity contribution in [1.82, 2.24) is 25.1 Å². The zero-order valence-corrected chi connectivity index (χ0v) is 13.3. The van der Waals surface area contributed by atoms with Crippen molar-refractivity contribution in [3.05, 3.63) is 66.2 Å². The van der Waals surface area contributed by atoms with Crippen LogP contribution in [0, 0.1) is 6.92 Å². The molecule has 0 unspecified atom stereocenters. The van der Waals surface area contributed by atoms with Gasteiger partial charge in [0.1, 0.15) is 11.6 Å². The van der Waals surface area contributed by atoms with Crippen LogP contribution in [-0.2, 0) is 0 Å². The van der Waals surface area contributed by atoms with Gasteiger partial charge in [-0.2, -0.15) is 5.10 Å². The van der Waals surface area contributed by atoms with Gasteiger partial charge >= 0.3 is 0 Å². The largest absolute Gasteiger partial charge is 0.368 e. The molecule has 0 spiro atoms. The first kappa shape index (κ1) is 15.7. The summed E-state index contributed by atoms with van der Waals surface area (Å²) in [6.45, 7) is 2.89. The summed E-state index contributed by atoms with van der Waals surface area (Å²) in [5, 5.41) is 10.2. The van der Waals surface area contributed by atoms with Gasteiger partial charge in [0.25, 0.3) is 5.91 Å². The number of aryl methyl sites for hydroxylation is 1. The van der Waals surface area contributed by atoms with Crippen LogP contribution in [0.4, 0.5) is 5.82 Å². The molecule has 122 valence electrons. The minimum atomic E-state index is -0.0894. The van der Waals surface area contributed by atoms with Gasteiger partial charge < -0.3 is 10.6 Å². The Morgan fingerprint density at radius 3 is 2.71 bits per heavy atom. The molecule has 0 saturated carbocycles. The van der Waals surface area contributed by atoms with Gasteiger partial charge in [0, 0.05) is 37.1 Å². The third kappa shape index (κ3) is 3.95. The maximum atomic E-state index is 11.9. The molecule has 0 bridgehead atoms. The summed E-state index contributed by atoms with van der Waals surface area (Å²) in [5.41, 5.74) is 0.649. The number of anilines is 1. The Hall–Kier alpha value is -3.22. The predicted octanol–water partition coefficient (Wildman–Crippen LogP) is 1.81. The van der Waals surface area contributed by atoms with Gasteiger partial charge in [-0.15, -0.1) is 0 Å². The number of nitrogens with one attached hydrogen (secondary N) is 2. The van der Waals surface area contributed by atoms with Crippen molar-refractivity contribution in [2.75, 3.05) is 18.4 Å². The van der Waals surface area contributed by atoms with E-state index in [0.717, 1.165) is 0 Å². The molecule has 3 rings (SSSR count). The first-order chi connectivity index (χ1) is 11.7. The second-order valence-electron chi connectivity index (χ2n) is 5.16. The summed E-state index contributed by atoms with van der Waals surface area (Å²) >= 11 is 0. The standard InChI is InChI=1S/C17H18N6O/c1-13-21-15(12-16(22-13)23-11-5-8-20-23)18-9-10-19-17(24)14-6-3-2-4-7-14/h2-8,11-12H,9-10H2,1H3,(H,19,24)(H,18,21,22). The molecule has 1 aromatic carbocycles. The molecule has 0 atom stereocenters. The van der Waals surface area contributed by atoms with Crippen LogP contribution in [0.3, 0.4) is 0 Å². The van der Waals surface area contributed by atoms with E-state index in [0.29, 0.717) is 36.1 Å². The first-order valence-corrected chi connectivity index (χ1v) is 7.65. The van der Waals surface area contributed by atoms with E-state index >= 15 is 0 Å². The maximum Gasteiger partial charge on any atom is 0.251 e. The summed E-state index contributed by atoms with van der Waals surface area (Å²) in [4.78, 5) is 20.6. The quantitative estimate of drug-likeness (QED) is 0.676. The normalized spacial score (nSPS) is 10.4. The molecular formula is C17H18N6O. The van der Waals surface area contributed by atoms with Crippen LogP contribution in [0.15, 0.2) is 54.9 Å². The molecule has 0 aliphatic carbocycles. The third-order valence-corrected chi connectivity index (χ3v) is 3.32. The molecule has 2 heterocycles. The second-order valence-corrected chi connectivity index (χ2v) is 5.16. The number of hydrogen-bond acceptors (Lipinski definition) is 5. The predicted molar refractivity (Wildman–Crippen MR) is 91.2 cm³/mol. The molecule has 24 heavy (non-hydrogen) atoms. The first-order valence-electron chi connectivity index (χ1n) is 7.65. The Balaban J connectivity index is 1.54. The van der Waals surface area contributed by atoms with E-state index in [4.69, 9.17) is 0 Å². The number of nitrogens with zero attached hydrogens (tertiary/aromatic N) is 4. The van der Waals surface area contributed by atoms with Gasteiger partial charge in [-0.3, -0.25) is 4.79 Å². The van der Waals surface area contributed by atoms with Gasteiger partial charge in [-0.25, -0.2) is 14.6 Å². The van der Waals surface area contributed by atoms with Crippen LogP contribution in [0.25, 0.3) is 5.82 Å². The summed E-state index contributed by atoms with van der Waals surface area (Å²) in [6.07, 6.45) is 3.52. The van der Waals surface area contributed by atoms with E-state index in [2.05, 4.69) is 25.7 Å². The Morgan fingerprint density at radius 1 is 1.12 bits per heavy atom. The van der Waals surface area contributed by atoms with Crippen molar-refractivity contribution >= 4 is 11.7 Å². The lowest BCUT2D eigenvalue weighted by molar-refractivity contribution is 0.0955. The van der Waals surface area contributed by atoms with Crippen molar-refractivity contribution in [2.45, 2.75) is 6.92 Å². The van der Waals surface area contributed by atoms with Crippen molar-refractivity contribution in [3.63, 3.8) is 0 Å². The SMILES string of the molecule is Cc1nc(NCCNC(=O)c2ccccc2)cc(-n2cccn2)n1. The molecule has 2 N–H and O–H groups in total. The summed E-state index contributed by atoms with van der Waals surface area (Å²) in [6, 6.07) is 12.8. The third-order valence-electron chi connectivity index (χ3n) is 3.32. The molecule has 7 nitrogen and oxygen atoms in total. The molecular weight excluding hydrogens is 304 g/mol. The fourth-order valence-electron chi connectivity index (χ4n) is 2.22. The zero-order chi connectivity index (χ0) is 16.8. The van der Waals surface area contributed by atoms with Crippen LogP contribution in [-0.4, -0.2) is 38.7 Å². The highest BCUT2D eigenvalue weighted by atomic mass is 16.1. The smallest absolute Gasteiger partial charge is 0.251 e. The summed E-state index contributed by atoms with van der Waals surface area (Å²) in [5.74, 6) is 1.96. The number of aromatic nitrogens is 4. The van der Waals surface area contributed by atoms with E-state index < -0.39 is 0 Å². The van der Waals surface area contributed by atoms with Crippen molar-refractivity contribution in [3.8, 4) is 5.82 Å². The molecule has 0 radical (unpaired) electrons. The van der Waals surface area contributed by atoms with E-state index in [1.807, 2.05) is 43.5 Å². The molecule has 1 amide bonds. The van der Waals surface area contributed by atoms with Gasteiger partial charge in [0.05, 0.1) is 0 Å². The molecule has 0 fully saturated rings.